The van der Waals surface area contributed by atoms with E-state index in [0.29, 0.717) is 25.8 Å². The van der Waals surface area contributed by atoms with Gasteiger partial charge in [0, 0.05) is 29.5 Å². The first-order valence-corrected chi connectivity index (χ1v) is 9.26. The Labute approximate surface area is 157 Å². The number of nitrogens with one attached hydrogen (secondary N) is 2. The Morgan fingerprint density at radius 3 is 2.36 bits per heavy atom. The van der Waals surface area contributed by atoms with E-state index in [0.717, 1.165) is 27.7 Å². The van der Waals surface area contributed by atoms with Gasteiger partial charge in [0.15, 0.2) is 0 Å². The predicted octanol–water partition coefficient (Wildman–Crippen LogP) is 4.44. The van der Waals surface area contributed by atoms with E-state index in [4.69, 9.17) is 0 Å². The van der Waals surface area contributed by atoms with Crippen molar-refractivity contribution in [1.29, 1.82) is 0 Å². The predicted molar refractivity (Wildman–Crippen MR) is 104 cm³/mol. The van der Waals surface area contributed by atoms with Gasteiger partial charge in [-0.15, -0.1) is 0 Å². The van der Waals surface area contributed by atoms with Crippen LogP contribution in [0.1, 0.15) is 37.3 Å². The molecule has 5 heteroatoms. The van der Waals surface area contributed by atoms with Crippen molar-refractivity contribution < 1.29 is 9.59 Å². The summed E-state index contributed by atoms with van der Waals surface area (Å²) in [4.78, 5) is 23.6. The Morgan fingerprint density at radius 2 is 1.68 bits per heavy atom. The second-order valence-corrected chi connectivity index (χ2v) is 6.72. The number of aryl methyl sites for hydroxylation is 1. The maximum atomic E-state index is 12.0. The topological polar surface area (TPSA) is 58.2 Å². The van der Waals surface area contributed by atoms with E-state index < -0.39 is 0 Å². The average molecular weight is 403 g/mol. The van der Waals surface area contributed by atoms with Gasteiger partial charge in [-0.25, -0.2) is 0 Å². The molecule has 0 bridgehead atoms. The zero-order valence-corrected chi connectivity index (χ0v) is 15.9. The monoisotopic (exact) mass is 402 g/mol. The van der Waals surface area contributed by atoms with Crippen LogP contribution < -0.4 is 10.6 Å². The number of benzene rings is 2. The molecule has 0 heterocycles. The van der Waals surface area contributed by atoms with E-state index >= 15 is 0 Å². The number of carbonyl (C=O) groups excluding carboxylic acids is 2. The summed E-state index contributed by atoms with van der Waals surface area (Å²) < 4.78 is 1.03. The molecule has 0 unspecified atom stereocenters. The van der Waals surface area contributed by atoms with Gasteiger partial charge in [-0.1, -0.05) is 53.2 Å². The minimum Gasteiger partial charge on any atom is -0.352 e. The van der Waals surface area contributed by atoms with Crippen LogP contribution in [0.25, 0.3) is 0 Å². The second-order valence-electron chi connectivity index (χ2n) is 5.86. The Balaban J connectivity index is 1.76. The van der Waals surface area contributed by atoms with Crippen molar-refractivity contribution in [2.24, 2.45) is 0 Å². The molecule has 0 aliphatic carbocycles. The smallest absolute Gasteiger partial charge is 0.224 e. The van der Waals surface area contributed by atoms with E-state index in [1.54, 1.807) is 0 Å². The lowest BCUT2D eigenvalue weighted by Gasteiger charge is -2.08. The van der Waals surface area contributed by atoms with Gasteiger partial charge in [-0.05, 0) is 42.2 Å². The summed E-state index contributed by atoms with van der Waals surface area (Å²) in [5.41, 5.74) is 2.91. The SMILES string of the molecule is CCCC(=O)Nc1ccc(CNC(=O)CCc2ccccc2Br)cc1. The molecule has 2 aromatic rings. The average Bonchev–Trinajstić information content (AvgIpc) is 2.60. The van der Waals surface area contributed by atoms with Crippen molar-refractivity contribution in [3.63, 3.8) is 0 Å². The third kappa shape index (κ3) is 6.70. The molecule has 0 aliphatic rings. The van der Waals surface area contributed by atoms with Gasteiger partial charge in [0.05, 0.1) is 0 Å². The molecule has 0 fully saturated rings. The lowest BCUT2D eigenvalue weighted by atomic mass is 10.1. The maximum Gasteiger partial charge on any atom is 0.224 e. The van der Waals surface area contributed by atoms with Crippen LogP contribution in [-0.2, 0) is 22.6 Å². The fraction of sp³-hybridized carbons (Fsp3) is 0.300. The lowest BCUT2D eigenvalue weighted by molar-refractivity contribution is -0.121. The summed E-state index contributed by atoms with van der Waals surface area (Å²) in [6.45, 7) is 2.46. The van der Waals surface area contributed by atoms with Gasteiger partial charge in [-0.2, -0.15) is 0 Å². The molecule has 2 aromatic carbocycles. The zero-order valence-electron chi connectivity index (χ0n) is 14.3. The van der Waals surface area contributed by atoms with E-state index in [2.05, 4.69) is 26.6 Å². The van der Waals surface area contributed by atoms with Crippen LogP contribution in [0.2, 0.25) is 0 Å². The number of rotatable bonds is 8. The van der Waals surface area contributed by atoms with Crippen molar-refractivity contribution in [3.8, 4) is 0 Å². The molecule has 0 aromatic heterocycles. The first-order chi connectivity index (χ1) is 12.1. The molecule has 0 spiro atoms. The van der Waals surface area contributed by atoms with Gasteiger partial charge in [0.2, 0.25) is 11.8 Å². The normalized spacial score (nSPS) is 10.3. The first-order valence-electron chi connectivity index (χ1n) is 8.47. The summed E-state index contributed by atoms with van der Waals surface area (Å²) >= 11 is 3.49. The Hall–Kier alpha value is -2.14. The van der Waals surface area contributed by atoms with E-state index in [-0.39, 0.29) is 11.8 Å². The number of amides is 2. The standard InChI is InChI=1S/C20H23BrN2O2/c1-2-5-20(25)23-17-11-8-15(9-12-17)14-22-19(24)13-10-16-6-3-4-7-18(16)21/h3-4,6-9,11-12H,2,5,10,13-14H2,1H3,(H,22,24)(H,23,25). The van der Waals surface area contributed by atoms with Crippen molar-refractivity contribution in [2.45, 2.75) is 39.2 Å². The van der Waals surface area contributed by atoms with Crippen LogP contribution >= 0.6 is 15.9 Å². The largest absolute Gasteiger partial charge is 0.352 e. The second kappa shape index (κ2) is 9.99. The highest BCUT2D eigenvalue weighted by atomic mass is 79.9. The highest BCUT2D eigenvalue weighted by Gasteiger charge is 2.05. The summed E-state index contributed by atoms with van der Waals surface area (Å²) in [5.74, 6) is 0.0479. The molecule has 25 heavy (non-hydrogen) atoms. The van der Waals surface area contributed by atoms with Crippen LogP contribution in [0.3, 0.4) is 0 Å². The molecule has 132 valence electrons. The quantitative estimate of drug-likeness (QED) is 0.685. The van der Waals surface area contributed by atoms with Gasteiger partial charge in [-0.3, -0.25) is 9.59 Å². The third-order valence-corrected chi connectivity index (χ3v) is 4.56. The molecule has 0 atom stereocenters. The van der Waals surface area contributed by atoms with Crippen LogP contribution in [0.15, 0.2) is 53.0 Å². The summed E-state index contributed by atoms with van der Waals surface area (Å²) in [5, 5.41) is 5.78. The van der Waals surface area contributed by atoms with E-state index in [1.807, 2.05) is 55.5 Å². The van der Waals surface area contributed by atoms with Crippen LogP contribution in [-0.4, -0.2) is 11.8 Å². The molecule has 4 nitrogen and oxygen atoms in total. The Morgan fingerprint density at radius 1 is 0.960 bits per heavy atom. The van der Waals surface area contributed by atoms with Gasteiger partial charge >= 0.3 is 0 Å². The first kappa shape index (κ1) is 19.2. The molecule has 0 saturated carbocycles. The fourth-order valence-electron chi connectivity index (χ4n) is 2.39. The van der Waals surface area contributed by atoms with E-state index in [9.17, 15) is 9.59 Å². The van der Waals surface area contributed by atoms with E-state index in [1.165, 1.54) is 0 Å². The van der Waals surface area contributed by atoms with Crippen LogP contribution in [0.4, 0.5) is 5.69 Å². The van der Waals surface area contributed by atoms with Crippen molar-refractivity contribution in [1.82, 2.24) is 5.32 Å². The summed E-state index contributed by atoms with van der Waals surface area (Å²) in [7, 11) is 0. The van der Waals surface area contributed by atoms with Crippen molar-refractivity contribution >= 4 is 33.4 Å². The van der Waals surface area contributed by atoms with Crippen molar-refractivity contribution in [2.75, 3.05) is 5.32 Å². The molecule has 0 radical (unpaired) electrons. The van der Waals surface area contributed by atoms with Gasteiger partial charge in [0.25, 0.3) is 0 Å². The fourth-order valence-corrected chi connectivity index (χ4v) is 2.88. The summed E-state index contributed by atoms with van der Waals surface area (Å²) in [6.07, 6.45) is 2.51. The molecule has 0 aliphatic heterocycles. The summed E-state index contributed by atoms with van der Waals surface area (Å²) in [6, 6.07) is 15.5. The van der Waals surface area contributed by atoms with Crippen LogP contribution in [0, 0.1) is 0 Å². The highest BCUT2D eigenvalue weighted by molar-refractivity contribution is 9.10. The van der Waals surface area contributed by atoms with Gasteiger partial charge in [0.1, 0.15) is 0 Å². The Kier molecular flexibility index (Phi) is 7.67. The minimum atomic E-state index is 0.0237. The number of halogens is 1. The maximum absolute atomic E-state index is 12.0. The molecule has 2 rings (SSSR count). The van der Waals surface area contributed by atoms with Crippen molar-refractivity contribution in [3.05, 3.63) is 64.1 Å². The molecule has 2 N–H and O–H groups in total. The molecule has 2 amide bonds. The number of carbonyl (C=O) groups is 2. The molecule has 0 saturated heterocycles. The highest BCUT2D eigenvalue weighted by Crippen LogP contribution is 2.17. The number of anilines is 1. The Bertz CT molecular complexity index is 714. The van der Waals surface area contributed by atoms with Crippen LogP contribution in [0.5, 0.6) is 0 Å². The molecular formula is C20H23BrN2O2. The third-order valence-electron chi connectivity index (χ3n) is 3.78. The van der Waals surface area contributed by atoms with Gasteiger partial charge < -0.3 is 10.6 Å². The number of hydrogen-bond donors (Lipinski definition) is 2. The zero-order chi connectivity index (χ0) is 18.1. The minimum absolute atomic E-state index is 0.0237. The number of hydrogen-bond acceptors (Lipinski definition) is 2. The molecular weight excluding hydrogens is 380 g/mol. The lowest BCUT2D eigenvalue weighted by Crippen LogP contribution is -2.23.